The Balaban J connectivity index is 1.58. The first-order valence-electron chi connectivity index (χ1n) is 8.29. The highest BCUT2D eigenvalue weighted by Crippen LogP contribution is 2.33. The zero-order chi connectivity index (χ0) is 16.9. The second-order valence-corrected chi connectivity index (χ2v) is 6.13. The largest absolute Gasteiger partial charge is 0.493 e. The lowest BCUT2D eigenvalue weighted by Crippen LogP contribution is -2.44. The molecule has 24 heavy (non-hydrogen) atoms. The summed E-state index contributed by atoms with van der Waals surface area (Å²) in [6, 6.07) is 3.70. The molecule has 0 radical (unpaired) electrons. The second kappa shape index (κ2) is 7.63. The van der Waals surface area contributed by atoms with Gasteiger partial charge in [0.15, 0.2) is 11.5 Å². The summed E-state index contributed by atoms with van der Waals surface area (Å²) >= 11 is 0. The highest BCUT2D eigenvalue weighted by molar-refractivity contribution is 5.90. The van der Waals surface area contributed by atoms with Crippen molar-refractivity contribution in [3.8, 4) is 11.5 Å². The first kappa shape index (κ1) is 16.7. The molecule has 1 aliphatic heterocycles. The maximum atomic E-state index is 5.92. The number of methoxy groups -OCH3 is 1. The van der Waals surface area contributed by atoms with Gasteiger partial charge in [0.05, 0.1) is 19.2 Å². The molecule has 1 aliphatic rings. The number of ether oxygens (including phenoxy) is 2. The Labute approximate surface area is 142 Å². The van der Waals surface area contributed by atoms with Crippen molar-refractivity contribution in [2.45, 2.75) is 6.42 Å². The molecule has 1 saturated heterocycles. The van der Waals surface area contributed by atoms with Gasteiger partial charge in [-0.3, -0.25) is 0 Å². The van der Waals surface area contributed by atoms with E-state index in [2.05, 4.69) is 26.8 Å². The number of hydrogen-bond donors (Lipinski definition) is 1. The Hall–Kier alpha value is -2.12. The average molecular weight is 331 g/mol. The van der Waals surface area contributed by atoms with Crippen LogP contribution in [0.1, 0.15) is 6.42 Å². The third kappa shape index (κ3) is 3.85. The van der Waals surface area contributed by atoms with E-state index in [0.29, 0.717) is 23.9 Å². The van der Waals surface area contributed by atoms with E-state index < -0.39 is 0 Å². The molecule has 1 aromatic carbocycles. The molecular formula is C17H25N5O2. The average Bonchev–Trinajstić information content (AvgIpc) is 2.60. The van der Waals surface area contributed by atoms with Crippen LogP contribution in [0.25, 0.3) is 10.9 Å². The van der Waals surface area contributed by atoms with Crippen LogP contribution in [0.4, 0.5) is 5.82 Å². The third-order valence-corrected chi connectivity index (χ3v) is 4.42. The van der Waals surface area contributed by atoms with Crippen LogP contribution in [0, 0.1) is 0 Å². The van der Waals surface area contributed by atoms with Crippen molar-refractivity contribution < 1.29 is 9.47 Å². The molecule has 2 heterocycles. The number of nitrogens with two attached hydrogens (primary N) is 1. The smallest absolute Gasteiger partial charge is 0.163 e. The zero-order valence-corrected chi connectivity index (χ0v) is 14.4. The Bertz CT molecular complexity index is 686. The lowest BCUT2D eigenvalue weighted by Gasteiger charge is -2.32. The number of rotatable bonds is 6. The van der Waals surface area contributed by atoms with E-state index in [1.54, 1.807) is 7.11 Å². The van der Waals surface area contributed by atoms with Gasteiger partial charge in [0.2, 0.25) is 0 Å². The monoisotopic (exact) mass is 331 g/mol. The molecule has 1 aromatic heterocycles. The van der Waals surface area contributed by atoms with Crippen molar-refractivity contribution in [1.82, 2.24) is 19.8 Å². The minimum atomic E-state index is 0.444. The molecule has 0 saturated carbocycles. The lowest BCUT2D eigenvalue weighted by atomic mass is 10.2. The van der Waals surface area contributed by atoms with Crippen molar-refractivity contribution in [3.05, 3.63) is 18.5 Å². The standard InChI is InChI=1S/C17H25N5O2/c1-21-5-7-22(8-6-21)4-3-9-24-16-11-14-13(10-15(16)23-2)17(18)20-12-19-14/h10-12H,3-9H2,1-2H3,(H2,18,19,20). The van der Waals surface area contributed by atoms with Crippen molar-refractivity contribution in [2.75, 3.05) is 59.2 Å². The fraction of sp³-hybridized carbons (Fsp3) is 0.529. The number of nitrogens with zero attached hydrogens (tertiary/aromatic N) is 4. The fourth-order valence-corrected chi connectivity index (χ4v) is 2.90. The van der Waals surface area contributed by atoms with Gasteiger partial charge in [-0.25, -0.2) is 9.97 Å². The summed E-state index contributed by atoms with van der Waals surface area (Å²) in [6.07, 6.45) is 2.44. The highest BCUT2D eigenvalue weighted by Gasteiger charge is 2.14. The molecular weight excluding hydrogens is 306 g/mol. The number of anilines is 1. The van der Waals surface area contributed by atoms with Crippen LogP contribution >= 0.6 is 0 Å². The van der Waals surface area contributed by atoms with Crippen LogP contribution < -0.4 is 15.2 Å². The molecule has 0 amide bonds. The van der Waals surface area contributed by atoms with Gasteiger partial charge in [-0.15, -0.1) is 0 Å². The van der Waals surface area contributed by atoms with Crippen LogP contribution in [0.5, 0.6) is 11.5 Å². The summed E-state index contributed by atoms with van der Waals surface area (Å²) in [5.74, 6) is 1.80. The van der Waals surface area contributed by atoms with E-state index in [-0.39, 0.29) is 0 Å². The minimum Gasteiger partial charge on any atom is -0.493 e. The van der Waals surface area contributed by atoms with Gasteiger partial charge in [-0.05, 0) is 19.5 Å². The predicted molar refractivity (Wildman–Crippen MR) is 94.6 cm³/mol. The number of fused-ring (bicyclic) bond motifs is 1. The number of nitrogen functional groups attached to an aromatic ring is 1. The number of benzene rings is 1. The van der Waals surface area contributed by atoms with Gasteiger partial charge in [-0.1, -0.05) is 0 Å². The molecule has 0 spiro atoms. The van der Waals surface area contributed by atoms with Crippen molar-refractivity contribution in [3.63, 3.8) is 0 Å². The first-order chi connectivity index (χ1) is 11.7. The molecule has 0 aliphatic carbocycles. The van der Waals surface area contributed by atoms with Gasteiger partial charge >= 0.3 is 0 Å². The topological polar surface area (TPSA) is 76.7 Å². The summed E-state index contributed by atoms with van der Waals surface area (Å²) in [7, 11) is 3.79. The molecule has 130 valence electrons. The van der Waals surface area contributed by atoms with Crippen molar-refractivity contribution >= 4 is 16.7 Å². The van der Waals surface area contributed by atoms with Gasteiger partial charge in [0, 0.05) is 44.2 Å². The van der Waals surface area contributed by atoms with E-state index in [4.69, 9.17) is 15.2 Å². The van der Waals surface area contributed by atoms with E-state index in [1.165, 1.54) is 6.33 Å². The maximum Gasteiger partial charge on any atom is 0.163 e. The molecule has 0 unspecified atom stereocenters. The Morgan fingerprint density at radius 3 is 2.67 bits per heavy atom. The summed E-state index contributed by atoms with van der Waals surface area (Å²) in [5, 5.41) is 0.777. The Morgan fingerprint density at radius 2 is 1.92 bits per heavy atom. The molecule has 1 fully saturated rings. The quantitative estimate of drug-likeness (QED) is 0.798. The van der Waals surface area contributed by atoms with Gasteiger partial charge in [-0.2, -0.15) is 0 Å². The van der Waals surface area contributed by atoms with Gasteiger partial charge < -0.3 is 25.0 Å². The first-order valence-corrected chi connectivity index (χ1v) is 8.29. The second-order valence-electron chi connectivity index (χ2n) is 6.13. The molecule has 2 aromatic rings. The van der Waals surface area contributed by atoms with Gasteiger partial charge in [0.1, 0.15) is 12.1 Å². The van der Waals surface area contributed by atoms with E-state index in [0.717, 1.165) is 50.0 Å². The molecule has 0 atom stereocenters. The fourth-order valence-electron chi connectivity index (χ4n) is 2.90. The zero-order valence-electron chi connectivity index (χ0n) is 14.4. The summed E-state index contributed by atoms with van der Waals surface area (Å²) in [6.45, 7) is 6.24. The number of hydrogen-bond acceptors (Lipinski definition) is 7. The maximum absolute atomic E-state index is 5.92. The Morgan fingerprint density at radius 1 is 1.12 bits per heavy atom. The van der Waals surface area contributed by atoms with Crippen LogP contribution in [0.15, 0.2) is 18.5 Å². The number of piperazine rings is 1. The van der Waals surface area contributed by atoms with Crippen LogP contribution in [-0.2, 0) is 0 Å². The van der Waals surface area contributed by atoms with Crippen molar-refractivity contribution in [2.24, 2.45) is 0 Å². The minimum absolute atomic E-state index is 0.444. The predicted octanol–water partition coefficient (Wildman–Crippen LogP) is 1.24. The SMILES string of the molecule is COc1cc2c(N)ncnc2cc1OCCCN1CCN(C)CC1. The Kier molecular flexibility index (Phi) is 5.32. The van der Waals surface area contributed by atoms with Crippen molar-refractivity contribution in [1.29, 1.82) is 0 Å². The van der Waals surface area contributed by atoms with E-state index in [9.17, 15) is 0 Å². The third-order valence-electron chi connectivity index (χ3n) is 4.42. The normalized spacial score (nSPS) is 16.4. The number of likely N-dealkylation sites (N-methyl/N-ethyl adjacent to an activating group) is 1. The lowest BCUT2D eigenvalue weighted by molar-refractivity contribution is 0.145. The number of aromatic nitrogens is 2. The van der Waals surface area contributed by atoms with E-state index in [1.807, 2.05) is 12.1 Å². The van der Waals surface area contributed by atoms with E-state index >= 15 is 0 Å². The van der Waals surface area contributed by atoms with Gasteiger partial charge in [0.25, 0.3) is 0 Å². The summed E-state index contributed by atoms with van der Waals surface area (Å²) in [5.41, 5.74) is 6.65. The molecule has 3 rings (SSSR count). The van der Waals surface area contributed by atoms with Crippen LogP contribution in [0.2, 0.25) is 0 Å². The molecule has 7 heteroatoms. The van der Waals surface area contributed by atoms with Crippen LogP contribution in [0.3, 0.4) is 0 Å². The highest BCUT2D eigenvalue weighted by atomic mass is 16.5. The summed E-state index contributed by atoms with van der Waals surface area (Å²) in [4.78, 5) is 13.1. The summed E-state index contributed by atoms with van der Waals surface area (Å²) < 4.78 is 11.3. The van der Waals surface area contributed by atoms with Crippen LogP contribution in [-0.4, -0.2) is 73.3 Å². The molecule has 0 bridgehead atoms. The molecule has 7 nitrogen and oxygen atoms in total. The molecule has 2 N–H and O–H groups in total.